The van der Waals surface area contributed by atoms with Crippen LogP contribution in [-0.4, -0.2) is 39.6 Å². The van der Waals surface area contributed by atoms with Crippen LogP contribution in [0, 0.1) is 0 Å². The van der Waals surface area contributed by atoms with Gasteiger partial charge >= 0.3 is 17.2 Å². The minimum Gasteiger partial charge on any atom is -0.312 e. The normalized spacial score (nSPS) is 29.2. The van der Waals surface area contributed by atoms with Crippen LogP contribution in [0.4, 0.5) is 0 Å². The van der Waals surface area contributed by atoms with Gasteiger partial charge in [-0.25, -0.2) is 0 Å². The van der Waals surface area contributed by atoms with E-state index in [9.17, 15) is 0 Å². The van der Waals surface area contributed by atoms with E-state index in [1.807, 2.05) is 0 Å². The molecule has 0 saturated carbocycles. The van der Waals surface area contributed by atoms with Crippen LogP contribution in [-0.2, 0) is 27.1 Å². The van der Waals surface area contributed by atoms with Crippen LogP contribution < -0.4 is 0 Å². The lowest BCUT2D eigenvalue weighted by molar-refractivity contribution is 0.149. The first-order valence-corrected chi connectivity index (χ1v) is 15.5. The summed E-state index contributed by atoms with van der Waals surface area (Å²) in [6, 6.07) is 0. The third kappa shape index (κ3) is 17.1. The Labute approximate surface area is 199 Å². The zero-order valence-electron chi connectivity index (χ0n) is 20.3. The Hall–Kier alpha value is 0.620. The van der Waals surface area contributed by atoms with Crippen LogP contribution in [0.1, 0.15) is 116 Å². The molecule has 0 aliphatic carbocycles. The first kappa shape index (κ1) is 28.9. The van der Waals surface area contributed by atoms with Crippen molar-refractivity contribution in [2.75, 3.05) is 39.6 Å². The van der Waals surface area contributed by atoms with E-state index < -0.39 is 17.2 Å². The molecule has 0 spiro atoms. The minimum absolute atomic E-state index is 0.744. The largest absolute Gasteiger partial charge is 0.332 e. The summed E-state index contributed by atoms with van der Waals surface area (Å²) >= 11 is 0. The molecule has 0 amide bonds. The van der Waals surface area contributed by atoms with Crippen LogP contribution in [0.15, 0.2) is 0 Å². The molecule has 3 aliphatic heterocycles. The highest BCUT2D eigenvalue weighted by molar-refractivity contribution is 7.41. The fraction of sp³-hybridized carbons (Fsp3) is 1.00. The lowest BCUT2D eigenvalue weighted by Gasteiger charge is -2.18. The maximum Gasteiger partial charge on any atom is 0.332 e. The van der Waals surface area contributed by atoms with Crippen molar-refractivity contribution >= 4 is 17.2 Å². The van der Waals surface area contributed by atoms with Gasteiger partial charge in [0, 0.05) is 0 Å². The minimum atomic E-state index is -1.19. The Balaban J connectivity index is 1.86. The van der Waals surface area contributed by atoms with E-state index in [1.165, 1.54) is 77.0 Å². The Morgan fingerprint density at radius 1 is 0.219 bits per heavy atom. The third-order valence-corrected chi connectivity index (χ3v) is 8.16. The maximum absolute atomic E-state index is 5.99. The molecule has 0 N–H and O–H groups in total. The fourth-order valence-corrected chi connectivity index (χ4v) is 5.91. The van der Waals surface area contributed by atoms with Crippen molar-refractivity contribution in [1.29, 1.82) is 0 Å². The average Bonchev–Trinajstić information content (AvgIpc) is 2.80. The van der Waals surface area contributed by atoms with E-state index in [2.05, 4.69) is 0 Å². The van der Waals surface area contributed by atoms with Crippen LogP contribution >= 0.6 is 17.2 Å². The van der Waals surface area contributed by atoms with E-state index in [-0.39, 0.29) is 0 Å². The molecule has 8 heteroatoms. The summed E-state index contributed by atoms with van der Waals surface area (Å²) in [6.07, 6.45) is 21.1. The molecule has 2 bridgehead atoms. The summed E-state index contributed by atoms with van der Waals surface area (Å²) in [4.78, 5) is 0. The third-order valence-electron chi connectivity index (χ3n) is 5.80. The monoisotopic (exact) mass is 494 g/mol. The van der Waals surface area contributed by atoms with Gasteiger partial charge in [0.15, 0.2) is 0 Å². The lowest BCUT2D eigenvalue weighted by Crippen LogP contribution is -2.02. The summed E-state index contributed by atoms with van der Waals surface area (Å²) in [7, 11) is -2.38. The van der Waals surface area contributed by atoms with Crippen molar-refractivity contribution in [3.8, 4) is 0 Å². The van der Waals surface area contributed by atoms with Gasteiger partial charge in [-0.15, -0.1) is 0 Å². The van der Waals surface area contributed by atoms with Crippen molar-refractivity contribution in [1.82, 2.24) is 0 Å². The second kappa shape index (κ2) is 22.1. The molecule has 32 heavy (non-hydrogen) atoms. The zero-order valence-corrected chi connectivity index (χ0v) is 22.1. The highest BCUT2D eigenvalue weighted by atomic mass is 31.2. The van der Waals surface area contributed by atoms with Crippen molar-refractivity contribution in [2.45, 2.75) is 116 Å². The van der Waals surface area contributed by atoms with Gasteiger partial charge in [0.25, 0.3) is 0 Å². The molecule has 6 nitrogen and oxygen atoms in total. The Morgan fingerprint density at radius 3 is 0.562 bits per heavy atom. The van der Waals surface area contributed by atoms with Gasteiger partial charge in [-0.1, -0.05) is 77.0 Å². The van der Waals surface area contributed by atoms with Crippen molar-refractivity contribution in [2.24, 2.45) is 0 Å². The second-order valence-corrected chi connectivity index (χ2v) is 11.3. The molecule has 3 saturated heterocycles. The quantitative estimate of drug-likeness (QED) is 0.314. The maximum atomic E-state index is 5.99. The first-order valence-electron chi connectivity index (χ1n) is 13.3. The average molecular weight is 495 g/mol. The zero-order chi connectivity index (χ0) is 22.4. The lowest BCUT2D eigenvalue weighted by atomic mass is 10.1. The molecule has 0 aromatic rings. The topological polar surface area (TPSA) is 55.4 Å². The van der Waals surface area contributed by atoms with E-state index in [1.54, 1.807) is 0 Å². The van der Waals surface area contributed by atoms with Gasteiger partial charge in [-0.05, 0) is 38.5 Å². The molecule has 190 valence electrons. The van der Waals surface area contributed by atoms with E-state index in [0.29, 0.717) is 0 Å². The molecular formula is C24H48O6P2. The highest BCUT2D eigenvalue weighted by Crippen LogP contribution is 2.41. The van der Waals surface area contributed by atoms with Gasteiger partial charge < -0.3 is 27.1 Å². The molecule has 3 rings (SSSR count). The Morgan fingerprint density at radius 2 is 0.375 bits per heavy atom. The van der Waals surface area contributed by atoms with Crippen LogP contribution in [0.2, 0.25) is 0 Å². The standard InChI is InChI=1S/C24H48O6P2/c1-2-8-14-20-26-32-29-23-17-11-5-3-9-15-21-27-31(25-19-13-7-1)28-22-16-10-4-6-12-18-24-30-32/h1-24H2. The van der Waals surface area contributed by atoms with Gasteiger partial charge in [0.05, 0.1) is 39.6 Å². The van der Waals surface area contributed by atoms with Gasteiger partial charge in [-0.2, -0.15) is 0 Å². The molecular weight excluding hydrogens is 446 g/mol. The number of hydrogen-bond acceptors (Lipinski definition) is 6. The molecule has 0 unspecified atom stereocenters. The molecule has 3 fully saturated rings. The summed E-state index contributed by atoms with van der Waals surface area (Å²) in [6.45, 7) is 4.46. The van der Waals surface area contributed by atoms with Gasteiger partial charge in [0.1, 0.15) is 0 Å². The predicted octanol–water partition coefficient (Wildman–Crippen LogP) is 8.59. The van der Waals surface area contributed by atoms with Crippen LogP contribution in [0.25, 0.3) is 0 Å². The van der Waals surface area contributed by atoms with Crippen molar-refractivity contribution in [3.05, 3.63) is 0 Å². The number of fused-ring (bicyclic) bond motifs is 27. The molecule has 0 atom stereocenters. The molecule has 3 aliphatic rings. The number of hydrogen-bond donors (Lipinski definition) is 0. The Kier molecular flexibility index (Phi) is 19.9. The molecule has 0 radical (unpaired) electrons. The summed E-state index contributed by atoms with van der Waals surface area (Å²) in [5.74, 6) is 0. The van der Waals surface area contributed by atoms with E-state index >= 15 is 0 Å². The molecule has 3 heterocycles. The first-order chi connectivity index (χ1) is 15.9. The van der Waals surface area contributed by atoms with Crippen LogP contribution in [0.3, 0.4) is 0 Å². The number of rotatable bonds is 0. The highest BCUT2D eigenvalue weighted by Gasteiger charge is 2.14. The van der Waals surface area contributed by atoms with E-state index in [4.69, 9.17) is 27.1 Å². The molecule has 0 aromatic carbocycles. The van der Waals surface area contributed by atoms with Crippen molar-refractivity contribution in [3.63, 3.8) is 0 Å². The van der Waals surface area contributed by atoms with Crippen molar-refractivity contribution < 1.29 is 27.1 Å². The molecule has 0 aromatic heterocycles. The van der Waals surface area contributed by atoms with Crippen LogP contribution in [0.5, 0.6) is 0 Å². The SMILES string of the molecule is C1CCCCOP2OCCCCCCCCOP(OCCC1)OCCCCCCCCO2. The van der Waals surface area contributed by atoms with E-state index in [0.717, 1.165) is 78.2 Å². The summed E-state index contributed by atoms with van der Waals surface area (Å²) in [5, 5.41) is 0. The smallest absolute Gasteiger partial charge is 0.312 e. The second-order valence-electron chi connectivity index (χ2n) is 8.81. The summed E-state index contributed by atoms with van der Waals surface area (Å²) in [5.41, 5.74) is 0. The Bertz CT molecular complexity index is 312. The fourth-order valence-electron chi connectivity index (χ4n) is 3.79. The predicted molar refractivity (Wildman–Crippen MR) is 133 cm³/mol. The summed E-state index contributed by atoms with van der Waals surface area (Å²) < 4.78 is 36.0. The van der Waals surface area contributed by atoms with Gasteiger partial charge in [0.2, 0.25) is 0 Å². The van der Waals surface area contributed by atoms with Gasteiger partial charge in [-0.3, -0.25) is 0 Å².